The third-order valence-electron chi connectivity index (χ3n) is 6.56. The van der Waals surface area contributed by atoms with Gasteiger partial charge in [-0.1, -0.05) is 44.2 Å². The van der Waals surface area contributed by atoms with Gasteiger partial charge in [-0.15, -0.1) is 0 Å². The normalized spacial score (nSPS) is 14.7. The molecule has 8 heteroatoms. The quantitative estimate of drug-likeness (QED) is 0.433. The van der Waals surface area contributed by atoms with Gasteiger partial charge < -0.3 is 14.7 Å². The van der Waals surface area contributed by atoms with Crippen LogP contribution in [-0.2, 0) is 17.9 Å². The van der Waals surface area contributed by atoms with E-state index >= 15 is 0 Å². The molecule has 4 rings (SSSR count). The molecule has 0 amide bonds. The number of ether oxygens (including phenoxy) is 1. The second-order valence-electron chi connectivity index (χ2n) is 8.65. The van der Waals surface area contributed by atoms with E-state index in [-0.39, 0.29) is 11.4 Å². The zero-order chi connectivity index (χ0) is 24.5. The molecule has 0 saturated carbocycles. The molecule has 1 aliphatic rings. The number of aromatic carboxylic acids is 1. The first kappa shape index (κ1) is 23.6. The molecule has 2 aromatic carbocycles. The molecule has 1 N–H and O–H groups in total. The average Bonchev–Trinajstić information content (AvgIpc) is 3.17. The van der Waals surface area contributed by atoms with Gasteiger partial charge in [0.2, 0.25) is 5.95 Å². The van der Waals surface area contributed by atoms with Crippen molar-refractivity contribution in [2.24, 2.45) is 0 Å². The smallest absolute Gasteiger partial charge is 0.339 e. The summed E-state index contributed by atoms with van der Waals surface area (Å²) in [6, 6.07) is 15.6. The first-order chi connectivity index (χ1) is 16.2. The van der Waals surface area contributed by atoms with E-state index in [1.165, 1.54) is 0 Å². The molecular weight excluding hydrogens is 440 g/mol. The Bertz CT molecular complexity index is 1190. The standard InChI is InChI=1S/C26H27F2N3O3/c1-4-26(5-2)16-31(24-29-14-19(23(32)33)22(30-24)25(3,27)28)21-12-11-18(13-20(21)26)34-15-17-9-7-6-8-10-17/h6-14H,4-5,15-16H2,1-3H3,(H,32,33). The number of nitrogens with zero attached hydrogens (tertiary/aromatic N) is 3. The van der Waals surface area contributed by atoms with Gasteiger partial charge >= 0.3 is 5.97 Å². The zero-order valence-corrected chi connectivity index (χ0v) is 19.4. The van der Waals surface area contributed by atoms with Crippen molar-refractivity contribution in [3.8, 4) is 5.75 Å². The van der Waals surface area contributed by atoms with E-state index in [1.54, 1.807) is 4.90 Å². The number of alkyl halides is 2. The van der Waals surface area contributed by atoms with Crippen molar-refractivity contribution < 1.29 is 23.4 Å². The maximum absolute atomic E-state index is 14.2. The summed E-state index contributed by atoms with van der Waals surface area (Å²) in [5.41, 5.74) is 1.27. The monoisotopic (exact) mass is 467 g/mol. The minimum absolute atomic E-state index is 0.0597. The lowest BCUT2D eigenvalue weighted by Gasteiger charge is -2.28. The second kappa shape index (κ2) is 9.00. The van der Waals surface area contributed by atoms with Crippen LogP contribution in [0.15, 0.2) is 54.7 Å². The molecule has 1 aliphatic heterocycles. The minimum atomic E-state index is -3.42. The summed E-state index contributed by atoms with van der Waals surface area (Å²) in [5.74, 6) is -4.12. The number of halogens is 2. The molecule has 0 saturated heterocycles. The van der Waals surface area contributed by atoms with Crippen LogP contribution in [0.3, 0.4) is 0 Å². The molecule has 6 nitrogen and oxygen atoms in total. The van der Waals surface area contributed by atoms with Crippen LogP contribution in [0.2, 0.25) is 0 Å². The minimum Gasteiger partial charge on any atom is -0.489 e. The van der Waals surface area contributed by atoms with Crippen molar-refractivity contribution in [2.75, 3.05) is 11.4 Å². The molecule has 1 aromatic heterocycles. The Labute approximate surface area is 197 Å². The Kier molecular flexibility index (Phi) is 6.25. The van der Waals surface area contributed by atoms with Crippen LogP contribution in [-0.4, -0.2) is 27.6 Å². The Hall–Kier alpha value is -3.55. The number of carboxylic acid groups (broad SMARTS) is 1. The predicted octanol–water partition coefficient (Wildman–Crippen LogP) is 6.08. The van der Waals surface area contributed by atoms with Gasteiger partial charge in [-0.25, -0.2) is 14.8 Å². The Morgan fingerprint density at radius 1 is 1.18 bits per heavy atom. The summed E-state index contributed by atoms with van der Waals surface area (Å²) in [4.78, 5) is 21.4. The highest BCUT2D eigenvalue weighted by Gasteiger charge is 2.43. The highest BCUT2D eigenvalue weighted by atomic mass is 19.3. The molecule has 0 bridgehead atoms. The van der Waals surface area contributed by atoms with Crippen molar-refractivity contribution >= 4 is 17.6 Å². The Morgan fingerprint density at radius 2 is 1.88 bits per heavy atom. The molecule has 178 valence electrons. The molecule has 0 fully saturated rings. The van der Waals surface area contributed by atoms with Gasteiger partial charge in [0.25, 0.3) is 5.92 Å². The molecule has 0 radical (unpaired) electrons. The maximum Gasteiger partial charge on any atom is 0.339 e. The van der Waals surface area contributed by atoms with Gasteiger partial charge in [-0.2, -0.15) is 8.78 Å². The molecule has 34 heavy (non-hydrogen) atoms. The number of fused-ring (bicyclic) bond motifs is 1. The van der Waals surface area contributed by atoms with E-state index in [1.807, 2.05) is 48.5 Å². The number of hydrogen-bond donors (Lipinski definition) is 1. The lowest BCUT2D eigenvalue weighted by atomic mass is 9.77. The van der Waals surface area contributed by atoms with Crippen molar-refractivity contribution in [1.82, 2.24) is 9.97 Å². The first-order valence-corrected chi connectivity index (χ1v) is 11.3. The third-order valence-corrected chi connectivity index (χ3v) is 6.56. The van der Waals surface area contributed by atoms with E-state index in [0.29, 0.717) is 20.1 Å². The maximum atomic E-state index is 14.2. The fraction of sp³-hybridized carbons (Fsp3) is 0.346. The zero-order valence-electron chi connectivity index (χ0n) is 19.4. The Balaban J connectivity index is 1.73. The third kappa shape index (κ3) is 4.32. The van der Waals surface area contributed by atoms with Crippen molar-refractivity contribution in [2.45, 2.75) is 51.6 Å². The van der Waals surface area contributed by atoms with E-state index in [9.17, 15) is 18.7 Å². The topological polar surface area (TPSA) is 75.6 Å². The van der Waals surface area contributed by atoms with Crippen LogP contribution in [0.1, 0.15) is 60.8 Å². The molecule has 0 atom stereocenters. The van der Waals surface area contributed by atoms with Crippen LogP contribution in [0.4, 0.5) is 20.4 Å². The van der Waals surface area contributed by atoms with Crippen molar-refractivity contribution in [3.05, 3.63) is 77.1 Å². The van der Waals surface area contributed by atoms with Gasteiger partial charge in [-0.05, 0) is 42.2 Å². The van der Waals surface area contributed by atoms with Crippen molar-refractivity contribution in [1.29, 1.82) is 0 Å². The lowest BCUT2D eigenvalue weighted by molar-refractivity contribution is 0.0106. The van der Waals surface area contributed by atoms with Crippen LogP contribution in [0.25, 0.3) is 0 Å². The summed E-state index contributed by atoms with van der Waals surface area (Å²) in [5, 5.41) is 9.32. The lowest BCUT2D eigenvalue weighted by Crippen LogP contribution is -2.31. The van der Waals surface area contributed by atoms with Gasteiger partial charge in [0.1, 0.15) is 23.6 Å². The number of anilines is 2. The second-order valence-corrected chi connectivity index (χ2v) is 8.65. The van der Waals surface area contributed by atoms with Crippen LogP contribution in [0, 0.1) is 0 Å². The largest absolute Gasteiger partial charge is 0.489 e. The summed E-state index contributed by atoms with van der Waals surface area (Å²) in [6.07, 6.45) is 2.60. The van der Waals surface area contributed by atoms with Gasteiger partial charge in [0.15, 0.2) is 0 Å². The van der Waals surface area contributed by atoms with E-state index in [2.05, 4.69) is 23.8 Å². The number of benzene rings is 2. The highest BCUT2D eigenvalue weighted by Crippen LogP contribution is 2.49. The fourth-order valence-corrected chi connectivity index (χ4v) is 4.51. The summed E-state index contributed by atoms with van der Waals surface area (Å²) < 4.78 is 34.5. The Morgan fingerprint density at radius 3 is 2.50 bits per heavy atom. The SMILES string of the molecule is CCC1(CC)CN(c2ncc(C(=O)O)c(C(C)(F)F)n2)c2ccc(OCc3ccccc3)cc21. The molecule has 0 aliphatic carbocycles. The molecule has 0 unspecified atom stereocenters. The van der Waals surface area contributed by atoms with Gasteiger partial charge in [-0.3, -0.25) is 0 Å². The molecule has 3 aromatic rings. The number of rotatable bonds is 8. The molecular formula is C26H27F2N3O3. The predicted molar refractivity (Wildman–Crippen MR) is 125 cm³/mol. The highest BCUT2D eigenvalue weighted by molar-refractivity contribution is 5.89. The van der Waals surface area contributed by atoms with E-state index in [0.717, 1.165) is 41.6 Å². The van der Waals surface area contributed by atoms with Crippen LogP contribution < -0.4 is 9.64 Å². The summed E-state index contributed by atoms with van der Waals surface area (Å²) >= 11 is 0. The van der Waals surface area contributed by atoms with Gasteiger partial charge in [0, 0.05) is 30.8 Å². The number of aromatic nitrogens is 2. The summed E-state index contributed by atoms with van der Waals surface area (Å²) in [6.45, 7) is 5.76. The molecule has 2 heterocycles. The van der Waals surface area contributed by atoms with E-state index in [4.69, 9.17) is 4.74 Å². The van der Waals surface area contributed by atoms with Crippen LogP contribution >= 0.6 is 0 Å². The number of carboxylic acids is 1. The average molecular weight is 468 g/mol. The number of carbonyl (C=O) groups is 1. The van der Waals surface area contributed by atoms with Crippen molar-refractivity contribution in [3.63, 3.8) is 0 Å². The fourth-order valence-electron chi connectivity index (χ4n) is 4.51. The van der Waals surface area contributed by atoms with E-state index < -0.39 is 23.1 Å². The van der Waals surface area contributed by atoms with Crippen LogP contribution in [0.5, 0.6) is 5.75 Å². The number of hydrogen-bond acceptors (Lipinski definition) is 5. The summed E-state index contributed by atoms with van der Waals surface area (Å²) in [7, 11) is 0. The van der Waals surface area contributed by atoms with Gasteiger partial charge in [0.05, 0.1) is 0 Å². The first-order valence-electron chi connectivity index (χ1n) is 11.3. The molecule has 0 spiro atoms.